The predicted molar refractivity (Wildman–Crippen MR) is 162 cm³/mol. The third-order valence-corrected chi connectivity index (χ3v) is 8.45. The van der Waals surface area contributed by atoms with E-state index in [0.29, 0.717) is 25.3 Å². The number of aliphatic hydroxyl groups excluding tert-OH is 1. The van der Waals surface area contributed by atoms with Crippen LogP contribution in [0.2, 0.25) is 0 Å². The van der Waals surface area contributed by atoms with Gasteiger partial charge in [-0.3, -0.25) is 9.78 Å². The highest BCUT2D eigenvalue weighted by Crippen LogP contribution is 2.20. The van der Waals surface area contributed by atoms with E-state index in [1.807, 2.05) is 66.0 Å². The predicted octanol–water partition coefficient (Wildman–Crippen LogP) is 5.28. The summed E-state index contributed by atoms with van der Waals surface area (Å²) in [5, 5.41) is 20.2. The lowest BCUT2D eigenvalue weighted by molar-refractivity contribution is -0.121. The summed E-state index contributed by atoms with van der Waals surface area (Å²) in [5.41, 5.74) is 4.39. The summed E-state index contributed by atoms with van der Waals surface area (Å²) in [4.78, 5) is 35.3. The summed E-state index contributed by atoms with van der Waals surface area (Å²) in [5.74, 6) is 0.139. The molecule has 0 aliphatic carbocycles. The van der Waals surface area contributed by atoms with Gasteiger partial charge in [-0.05, 0) is 24.0 Å². The number of hydrogen-bond donors (Lipinski definition) is 3. The van der Waals surface area contributed by atoms with Crippen LogP contribution in [0.25, 0.3) is 0 Å². The third kappa shape index (κ3) is 10.1. The van der Waals surface area contributed by atoms with Gasteiger partial charge in [0.15, 0.2) is 0 Å². The van der Waals surface area contributed by atoms with Gasteiger partial charge in [0.2, 0.25) is 5.91 Å². The zero-order chi connectivity index (χ0) is 29.0. The largest absolute Gasteiger partial charge is 0.443 e. The average molecular weight is 593 g/mol. The summed E-state index contributed by atoms with van der Waals surface area (Å²) in [7, 11) is 0. The molecule has 3 N–H and O–H groups in total. The zero-order valence-electron chi connectivity index (χ0n) is 23.2. The topological polar surface area (TPSA) is 113 Å². The van der Waals surface area contributed by atoms with Crippen molar-refractivity contribution in [2.24, 2.45) is 0 Å². The van der Waals surface area contributed by atoms with Crippen LogP contribution >= 0.6 is 22.7 Å². The number of aromatic nitrogens is 2. The summed E-state index contributed by atoms with van der Waals surface area (Å²) >= 11 is 2.99. The van der Waals surface area contributed by atoms with E-state index in [-0.39, 0.29) is 24.8 Å². The second-order valence-corrected chi connectivity index (χ2v) is 12.1. The van der Waals surface area contributed by atoms with Gasteiger partial charge in [-0.1, -0.05) is 74.5 Å². The first-order valence-electron chi connectivity index (χ1n) is 13.7. The van der Waals surface area contributed by atoms with Crippen molar-refractivity contribution in [1.29, 1.82) is 0 Å². The van der Waals surface area contributed by atoms with Gasteiger partial charge in [0, 0.05) is 34.8 Å². The minimum atomic E-state index is -1.02. The number of thiazole rings is 2. The number of nitrogens with one attached hydrogen (secondary N) is 2. The number of alkyl carbamates (subject to hydrolysis) is 1. The van der Waals surface area contributed by atoms with E-state index < -0.39 is 18.3 Å². The zero-order valence-corrected chi connectivity index (χ0v) is 24.9. The quantitative estimate of drug-likeness (QED) is 0.184. The van der Waals surface area contributed by atoms with Crippen LogP contribution in [0, 0.1) is 0 Å². The first-order valence-corrected chi connectivity index (χ1v) is 15.4. The molecule has 0 aliphatic rings. The second-order valence-electron chi connectivity index (χ2n) is 10.2. The molecule has 41 heavy (non-hydrogen) atoms. The Morgan fingerprint density at radius 3 is 2.27 bits per heavy atom. The van der Waals surface area contributed by atoms with E-state index in [4.69, 9.17) is 4.74 Å². The molecular weight excluding hydrogens is 556 g/mol. The fourth-order valence-corrected chi connectivity index (χ4v) is 5.79. The van der Waals surface area contributed by atoms with Gasteiger partial charge in [0.25, 0.3) is 0 Å². The van der Waals surface area contributed by atoms with Crippen molar-refractivity contribution in [2.75, 3.05) is 0 Å². The van der Waals surface area contributed by atoms with Crippen molar-refractivity contribution < 1.29 is 19.4 Å². The molecule has 216 valence electrons. The van der Waals surface area contributed by atoms with Crippen LogP contribution in [0.1, 0.15) is 52.9 Å². The number of ether oxygens (including phenoxy) is 1. The van der Waals surface area contributed by atoms with Crippen LogP contribution in [0.15, 0.2) is 77.8 Å². The normalized spacial score (nSPS) is 13.4. The minimum absolute atomic E-state index is 0.161. The number of carbonyl (C=O) groups is 2. The molecule has 2 amide bonds. The highest BCUT2D eigenvalue weighted by atomic mass is 32.1. The Labute approximate surface area is 248 Å². The Bertz CT molecular complexity index is 1350. The Balaban J connectivity index is 1.45. The van der Waals surface area contributed by atoms with Crippen LogP contribution in [-0.4, -0.2) is 45.3 Å². The SMILES string of the molecule is CC(C)c1nc(CC(=O)N[C@@H](Cc2ccccc2)C[C@H](O)[C@H](Cc2ccccc2)OC(=O)NCc2cncs2)cs1. The first-order chi connectivity index (χ1) is 19.9. The molecule has 8 nitrogen and oxygen atoms in total. The first kappa shape index (κ1) is 30.4. The Hall–Kier alpha value is -3.60. The molecule has 2 aromatic heterocycles. The molecule has 10 heteroatoms. The fraction of sp³-hybridized carbons (Fsp3) is 0.355. The van der Waals surface area contributed by atoms with Gasteiger partial charge in [-0.25, -0.2) is 9.78 Å². The van der Waals surface area contributed by atoms with Crippen LogP contribution in [0.4, 0.5) is 4.79 Å². The molecule has 0 saturated heterocycles. The number of rotatable bonds is 14. The molecule has 0 radical (unpaired) electrons. The molecular formula is C31H36N4O4S2. The third-order valence-electron chi connectivity index (χ3n) is 6.48. The molecule has 0 spiro atoms. The molecule has 0 bridgehead atoms. The maximum absolute atomic E-state index is 13.1. The average Bonchev–Trinajstić information content (AvgIpc) is 3.65. The molecule has 2 aromatic carbocycles. The lowest BCUT2D eigenvalue weighted by Gasteiger charge is -2.28. The lowest BCUT2D eigenvalue weighted by atomic mass is 9.95. The van der Waals surface area contributed by atoms with Crippen LogP contribution in [-0.2, 0) is 35.3 Å². The molecule has 0 saturated carbocycles. The van der Waals surface area contributed by atoms with Crippen molar-refractivity contribution in [2.45, 2.75) is 70.2 Å². The van der Waals surface area contributed by atoms with Crippen molar-refractivity contribution in [3.05, 3.63) is 104 Å². The molecule has 0 aliphatic heterocycles. The molecule has 0 fully saturated rings. The fourth-order valence-electron chi connectivity index (χ4n) is 4.42. The van der Waals surface area contributed by atoms with E-state index in [0.717, 1.165) is 26.7 Å². The smallest absolute Gasteiger partial charge is 0.407 e. The van der Waals surface area contributed by atoms with E-state index in [2.05, 4.69) is 34.4 Å². The van der Waals surface area contributed by atoms with Gasteiger partial charge in [0.1, 0.15) is 6.10 Å². The van der Waals surface area contributed by atoms with Crippen molar-refractivity contribution in [3.8, 4) is 0 Å². The summed E-state index contributed by atoms with van der Waals surface area (Å²) in [6.45, 7) is 4.45. The van der Waals surface area contributed by atoms with Crippen LogP contribution in [0.3, 0.4) is 0 Å². The number of aliphatic hydroxyl groups is 1. The number of hydrogen-bond acceptors (Lipinski definition) is 8. The molecule has 3 atom stereocenters. The van der Waals surface area contributed by atoms with E-state index in [1.54, 1.807) is 23.0 Å². The molecule has 4 rings (SSSR count). The van der Waals surface area contributed by atoms with Crippen molar-refractivity contribution in [1.82, 2.24) is 20.6 Å². The molecule has 4 aromatic rings. The van der Waals surface area contributed by atoms with Crippen LogP contribution < -0.4 is 10.6 Å². The number of carbonyl (C=O) groups excluding carboxylic acids is 2. The maximum atomic E-state index is 13.1. The Kier molecular flexibility index (Phi) is 11.4. The van der Waals surface area contributed by atoms with E-state index >= 15 is 0 Å². The Morgan fingerprint density at radius 2 is 1.66 bits per heavy atom. The van der Waals surface area contributed by atoms with Gasteiger partial charge in [-0.2, -0.15) is 0 Å². The van der Waals surface area contributed by atoms with Gasteiger partial charge in [-0.15, -0.1) is 22.7 Å². The van der Waals surface area contributed by atoms with Gasteiger partial charge >= 0.3 is 6.09 Å². The highest BCUT2D eigenvalue weighted by Gasteiger charge is 2.28. The van der Waals surface area contributed by atoms with Gasteiger partial charge < -0.3 is 20.5 Å². The standard InChI is InChI=1S/C31H36N4O4S2/c1-21(2)30-35-25(19-40-30)16-29(37)34-24(13-22-9-5-3-6-10-22)15-27(36)28(14-23-11-7-4-8-12-23)39-31(38)33-18-26-17-32-20-41-26/h3-12,17,19-21,24,27-28,36H,13-16,18H2,1-2H3,(H,33,38)(H,34,37)/t24-,27-,28-/m0/s1. The minimum Gasteiger partial charge on any atom is -0.443 e. The monoisotopic (exact) mass is 592 g/mol. The summed E-state index contributed by atoms with van der Waals surface area (Å²) in [6.07, 6.45) is 0.445. The van der Waals surface area contributed by atoms with E-state index in [9.17, 15) is 14.7 Å². The number of amides is 2. The molecule has 0 unspecified atom stereocenters. The lowest BCUT2D eigenvalue weighted by Crippen LogP contribution is -2.44. The highest BCUT2D eigenvalue weighted by molar-refractivity contribution is 7.09. The summed E-state index contributed by atoms with van der Waals surface area (Å²) < 4.78 is 5.75. The maximum Gasteiger partial charge on any atom is 0.407 e. The van der Waals surface area contributed by atoms with Crippen LogP contribution in [0.5, 0.6) is 0 Å². The molecule has 2 heterocycles. The number of benzene rings is 2. The Morgan fingerprint density at radius 1 is 0.976 bits per heavy atom. The van der Waals surface area contributed by atoms with Crippen molar-refractivity contribution >= 4 is 34.7 Å². The summed E-state index contributed by atoms with van der Waals surface area (Å²) in [6, 6.07) is 19.0. The van der Waals surface area contributed by atoms with Crippen molar-refractivity contribution in [3.63, 3.8) is 0 Å². The van der Waals surface area contributed by atoms with E-state index in [1.165, 1.54) is 11.3 Å². The van der Waals surface area contributed by atoms with Gasteiger partial charge in [0.05, 0.1) is 35.3 Å². The second kappa shape index (κ2) is 15.4. The number of nitrogens with zero attached hydrogens (tertiary/aromatic N) is 2.